The predicted octanol–water partition coefficient (Wildman–Crippen LogP) is 3.24. The zero-order valence-electron chi connectivity index (χ0n) is 11.5. The quantitative estimate of drug-likeness (QED) is 0.784. The summed E-state index contributed by atoms with van der Waals surface area (Å²) in [6.45, 7) is 2.32. The summed E-state index contributed by atoms with van der Waals surface area (Å²) >= 11 is 0. The first-order valence-electron chi connectivity index (χ1n) is 6.60. The number of carbonyl (C=O) groups excluding carboxylic acids is 1. The molecule has 5 heteroatoms. The molecule has 0 saturated heterocycles. The van der Waals surface area contributed by atoms with Gasteiger partial charge in [0.15, 0.2) is 0 Å². The Balaban J connectivity index is 1.76. The Morgan fingerprint density at radius 3 is 2.76 bits per heavy atom. The van der Waals surface area contributed by atoms with E-state index in [0.29, 0.717) is 6.54 Å². The van der Waals surface area contributed by atoms with Gasteiger partial charge in [-0.2, -0.15) is 9.78 Å². The van der Waals surface area contributed by atoms with Crippen LogP contribution in [0.1, 0.15) is 11.1 Å². The van der Waals surface area contributed by atoms with Crippen molar-refractivity contribution in [3.63, 3.8) is 0 Å². The highest BCUT2D eigenvalue weighted by Gasteiger charge is 2.10. The fraction of sp³-hybridized carbons (Fsp3) is 0.125. The lowest BCUT2D eigenvalue weighted by atomic mass is 10.2. The van der Waals surface area contributed by atoms with Crippen LogP contribution in [-0.4, -0.2) is 15.8 Å². The van der Waals surface area contributed by atoms with Gasteiger partial charge in [0.25, 0.3) is 0 Å². The highest BCUT2D eigenvalue weighted by atomic mass is 19.1. The van der Waals surface area contributed by atoms with Gasteiger partial charge in [-0.05, 0) is 36.8 Å². The summed E-state index contributed by atoms with van der Waals surface area (Å²) in [4.78, 5) is 12.2. The second-order valence-electron chi connectivity index (χ2n) is 4.90. The van der Waals surface area contributed by atoms with Crippen molar-refractivity contribution in [1.29, 1.82) is 0 Å². The minimum absolute atomic E-state index is 0.293. The number of benzene rings is 2. The standard InChI is InChI=1S/C16H14FN3O/c1-11-2-7-15-13(8-11)10-19-20(15)16(21)18-9-12-3-5-14(17)6-4-12/h2-8,10H,9H2,1H3,(H,18,21). The molecule has 0 unspecified atom stereocenters. The Hall–Kier alpha value is -2.69. The molecule has 0 fully saturated rings. The molecular weight excluding hydrogens is 269 g/mol. The molecule has 0 aliphatic heterocycles. The van der Waals surface area contributed by atoms with Crippen molar-refractivity contribution in [2.24, 2.45) is 0 Å². The highest BCUT2D eigenvalue weighted by molar-refractivity contribution is 5.90. The van der Waals surface area contributed by atoms with Gasteiger partial charge in [0.1, 0.15) is 5.82 Å². The second-order valence-corrected chi connectivity index (χ2v) is 4.90. The van der Waals surface area contributed by atoms with Gasteiger partial charge in [-0.25, -0.2) is 9.18 Å². The number of halogens is 1. The van der Waals surface area contributed by atoms with Crippen LogP contribution in [0.3, 0.4) is 0 Å². The van der Waals surface area contributed by atoms with Crippen molar-refractivity contribution >= 4 is 16.9 Å². The number of rotatable bonds is 2. The summed E-state index contributed by atoms with van der Waals surface area (Å²) in [6, 6.07) is 11.5. The molecule has 2 aromatic carbocycles. The summed E-state index contributed by atoms with van der Waals surface area (Å²) in [5.41, 5.74) is 2.71. The summed E-state index contributed by atoms with van der Waals surface area (Å²) in [5.74, 6) is -0.293. The average Bonchev–Trinajstić information content (AvgIpc) is 2.89. The van der Waals surface area contributed by atoms with E-state index in [2.05, 4.69) is 10.4 Å². The maximum absolute atomic E-state index is 12.8. The van der Waals surface area contributed by atoms with Crippen molar-refractivity contribution in [1.82, 2.24) is 15.1 Å². The minimum Gasteiger partial charge on any atom is -0.332 e. The van der Waals surface area contributed by atoms with E-state index in [1.807, 2.05) is 25.1 Å². The van der Waals surface area contributed by atoms with E-state index < -0.39 is 0 Å². The first-order valence-corrected chi connectivity index (χ1v) is 6.60. The van der Waals surface area contributed by atoms with Crippen LogP contribution >= 0.6 is 0 Å². The van der Waals surface area contributed by atoms with Crippen LogP contribution in [0, 0.1) is 12.7 Å². The Bertz CT molecular complexity index is 793. The topological polar surface area (TPSA) is 46.9 Å². The van der Waals surface area contributed by atoms with Gasteiger partial charge in [-0.15, -0.1) is 0 Å². The third kappa shape index (κ3) is 2.76. The molecule has 1 N–H and O–H groups in total. The molecule has 1 heterocycles. The van der Waals surface area contributed by atoms with Gasteiger partial charge in [0.2, 0.25) is 0 Å². The lowest BCUT2D eigenvalue weighted by molar-refractivity contribution is 0.240. The van der Waals surface area contributed by atoms with E-state index in [9.17, 15) is 9.18 Å². The third-order valence-electron chi connectivity index (χ3n) is 3.27. The highest BCUT2D eigenvalue weighted by Crippen LogP contribution is 2.15. The van der Waals surface area contributed by atoms with Gasteiger partial charge in [-0.3, -0.25) is 0 Å². The molecule has 106 valence electrons. The van der Waals surface area contributed by atoms with E-state index in [1.54, 1.807) is 18.3 Å². The molecule has 0 atom stereocenters. The number of nitrogens with one attached hydrogen (secondary N) is 1. The van der Waals surface area contributed by atoms with Gasteiger partial charge < -0.3 is 5.32 Å². The van der Waals surface area contributed by atoms with Gasteiger partial charge in [-0.1, -0.05) is 23.8 Å². The van der Waals surface area contributed by atoms with Crippen LogP contribution in [0.25, 0.3) is 10.9 Å². The molecule has 0 spiro atoms. The molecule has 0 radical (unpaired) electrons. The number of hydrogen-bond acceptors (Lipinski definition) is 2. The molecule has 4 nitrogen and oxygen atoms in total. The summed E-state index contributed by atoms with van der Waals surface area (Å²) in [7, 11) is 0. The van der Waals surface area contributed by atoms with E-state index in [1.165, 1.54) is 16.8 Å². The molecule has 0 saturated carbocycles. The Morgan fingerprint density at radius 2 is 2.00 bits per heavy atom. The van der Waals surface area contributed by atoms with E-state index in [0.717, 1.165) is 22.0 Å². The van der Waals surface area contributed by atoms with Gasteiger partial charge >= 0.3 is 6.03 Å². The Morgan fingerprint density at radius 1 is 1.24 bits per heavy atom. The normalized spacial score (nSPS) is 10.8. The predicted molar refractivity (Wildman–Crippen MR) is 78.5 cm³/mol. The summed E-state index contributed by atoms with van der Waals surface area (Å²) < 4.78 is 14.1. The first-order chi connectivity index (χ1) is 10.1. The molecule has 1 amide bonds. The third-order valence-corrected chi connectivity index (χ3v) is 3.27. The van der Waals surface area contributed by atoms with E-state index >= 15 is 0 Å². The maximum Gasteiger partial charge on any atom is 0.342 e. The SMILES string of the molecule is Cc1ccc2c(cnn2C(=O)NCc2ccc(F)cc2)c1. The van der Waals surface area contributed by atoms with Gasteiger partial charge in [0, 0.05) is 11.9 Å². The van der Waals surface area contributed by atoms with Crippen molar-refractivity contribution < 1.29 is 9.18 Å². The number of fused-ring (bicyclic) bond motifs is 1. The number of aromatic nitrogens is 2. The fourth-order valence-electron chi connectivity index (χ4n) is 2.17. The molecule has 0 aliphatic carbocycles. The van der Waals surface area contributed by atoms with Gasteiger partial charge in [0.05, 0.1) is 11.7 Å². The van der Waals surface area contributed by atoms with Crippen LogP contribution in [0.15, 0.2) is 48.7 Å². The average molecular weight is 283 g/mol. The molecule has 21 heavy (non-hydrogen) atoms. The Kier molecular flexibility index (Phi) is 3.39. The largest absolute Gasteiger partial charge is 0.342 e. The summed E-state index contributed by atoms with van der Waals surface area (Å²) in [5, 5.41) is 7.80. The Labute approximate surface area is 121 Å². The van der Waals surface area contributed by atoms with Crippen LogP contribution in [0.5, 0.6) is 0 Å². The van der Waals surface area contributed by atoms with Crippen LogP contribution in [-0.2, 0) is 6.54 Å². The van der Waals surface area contributed by atoms with Crippen molar-refractivity contribution in [2.75, 3.05) is 0 Å². The van der Waals surface area contributed by atoms with Crippen LogP contribution < -0.4 is 5.32 Å². The number of nitrogens with zero attached hydrogens (tertiary/aromatic N) is 2. The smallest absolute Gasteiger partial charge is 0.332 e. The molecule has 0 aliphatic rings. The van der Waals surface area contributed by atoms with Crippen molar-refractivity contribution in [3.8, 4) is 0 Å². The number of amides is 1. The summed E-state index contributed by atoms with van der Waals surface area (Å²) in [6.07, 6.45) is 1.67. The molecule has 0 bridgehead atoms. The number of carbonyl (C=O) groups is 1. The molecule has 3 rings (SSSR count). The number of hydrogen-bond donors (Lipinski definition) is 1. The zero-order valence-corrected chi connectivity index (χ0v) is 11.5. The zero-order chi connectivity index (χ0) is 14.8. The minimum atomic E-state index is -0.307. The fourth-order valence-corrected chi connectivity index (χ4v) is 2.17. The van der Waals surface area contributed by atoms with Crippen molar-refractivity contribution in [2.45, 2.75) is 13.5 Å². The van der Waals surface area contributed by atoms with Crippen LogP contribution in [0.4, 0.5) is 9.18 Å². The van der Waals surface area contributed by atoms with E-state index in [-0.39, 0.29) is 11.8 Å². The van der Waals surface area contributed by atoms with E-state index in [4.69, 9.17) is 0 Å². The molecule has 1 aromatic heterocycles. The molecule has 3 aromatic rings. The number of aryl methyl sites for hydroxylation is 1. The maximum atomic E-state index is 12.8. The monoisotopic (exact) mass is 283 g/mol. The lowest BCUT2D eigenvalue weighted by Crippen LogP contribution is -2.28. The molecular formula is C16H14FN3O. The second kappa shape index (κ2) is 5.36. The lowest BCUT2D eigenvalue weighted by Gasteiger charge is -2.06. The van der Waals surface area contributed by atoms with Crippen LogP contribution in [0.2, 0.25) is 0 Å². The van der Waals surface area contributed by atoms with Crippen molar-refractivity contribution in [3.05, 3.63) is 65.6 Å². The first kappa shape index (κ1) is 13.3.